The highest BCUT2D eigenvalue weighted by molar-refractivity contribution is 5.76. The van der Waals surface area contributed by atoms with Crippen LogP contribution in [0.15, 0.2) is 24.3 Å². The Bertz CT molecular complexity index is 917. The average Bonchev–Trinajstić information content (AvgIpc) is 3.11. The molecule has 154 valence electrons. The van der Waals surface area contributed by atoms with Gasteiger partial charge in [0.25, 0.3) is 5.69 Å². The molecule has 0 saturated carbocycles. The lowest BCUT2D eigenvalue weighted by Crippen LogP contribution is -2.22. The van der Waals surface area contributed by atoms with Crippen LogP contribution >= 0.6 is 0 Å². The maximum Gasteiger partial charge on any atom is 0.294 e. The molecular weight excluding hydrogens is 372 g/mol. The fourth-order valence-corrected chi connectivity index (χ4v) is 3.61. The largest absolute Gasteiger partial charge is 0.393 e. The summed E-state index contributed by atoms with van der Waals surface area (Å²) in [6, 6.07) is 6.51. The summed E-state index contributed by atoms with van der Waals surface area (Å²) in [5, 5.41) is 14.2. The van der Waals surface area contributed by atoms with E-state index in [1.165, 1.54) is 12.1 Å². The van der Waals surface area contributed by atoms with Gasteiger partial charge in [0.15, 0.2) is 0 Å². The maximum absolute atomic E-state index is 11.4. The third kappa shape index (κ3) is 5.18. The molecule has 29 heavy (non-hydrogen) atoms. The second-order valence-electron chi connectivity index (χ2n) is 7.45. The summed E-state index contributed by atoms with van der Waals surface area (Å²) in [6.45, 7) is 5.33. The van der Waals surface area contributed by atoms with Crippen molar-refractivity contribution in [3.8, 4) is 0 Å². The Morgan fingerprint density at radius 1 is 1.38 bits per heavy atom. The molecule has 1 aromatic heterocycles. The van der Waals surface area contributed by atoms with Gasteiger partial charge in [0, 0.05) is 43.0 Å². The van der Waals surface area contributed by atoms with Crippen molar-refractivity contribution in [2.24, 2.45) is 5.92 Å². The van der Waals surface area contributed by atoms with Crippen LogP contribution < -0.4 is 16.0 Å². The van der Waals surface area contributed by atoms with Crippen LogP contribution in [0.3, 0.4) is 0 Å². The number of nitro groups is 1. The van der Waals surface area contributed by atoms with Crippen LogP contribution in [0.25, 0.3) is 0 Å². The minimum Gasteiger partial charge on any atom is -0.393 e. The van der Waals surface area contributed by atoms with Gasteiger partial charge < -0.3 is 20.7 Å². The Balaban J connectivity index is 1.85. The number of ketones is 1. The predicted molar refractivity (Wildman–Crippen MR) is 112 cm³/mol. The number of aromatic nitrogens is 2. The summed E-state index contributed by atoms with van der Waals surface area (Å²) >= 11 is 0. The van der Waals surface area contributed by atoms with E-state index in [4.69, 9.17) is 5.73 Å². The zero-order valence-corrected chi connectivity index (χ0v) is 16.7. The SMILES string of the molecule is CCCc1cc(N2CC[C@H](CC(C)=O)C2)nc(Nc2ccc(N)c([N+](=O)[O-])c2)n1. The molecule has 1 aliphatic heterocycles. The highest BCUT2D eigenvalue weighted by Crippen LogP contribution is 2.29. The molecule has 0 radical (unpaired) electrons. The molecule has 3 N–H and O–H groups in total. The first-order valence-electron chi connectivity index (χ1n) is 9.79. The summed E-state index contributed by atoms with van der Waals surface area (Å²) in [4.78, 5) is 33.4. The Morgan fingerprint density at radius 3 is 2.86 bits per heavy atom. The minimum atomic E-state index is -0.514. The summed E-state index contributed by atoms with van der Waals surface area (Å²) in [5.41, 5.74) is 7.02. The van der Waals surface area contributed by atoms with Gasteiger partial charge in [0.2, 0.25) is 5.95 Å². The lowest BCUT2D eigenvalue weighted by atomic mass is 10.0. The van der Waals surface area contributed by atoms with Crippen LogP contribution in [0.2, 0.25) is 0 Å². The molecule has 2 aromatic rings. The van der Waals surface area contributed by atoms with Crippen molar-refractivity contribution in [2.45, 2.75) is 39.5 Å². The quantitative estimate of drug-likeness (QED) is 0.393. The Kier molecular flexibility index (Phi) is 6.26. The van der Waals surface area contributed by atoms with Crippen molar-refractivity contribution >= 4 is 34.6 Å². The number of benzene rings is 1. The molecule has 0 amide bonds. The number of anilines is 4. The van der Waals surface area contributed by atoms with E-state index in [1.54, 1.807) is 13.0 Å². The molecule has 1 aromatic carbocycles. The van der Waals surface area contributed by atoms with E-state index in [0.717, 1.165) is 43.9 Å². The molecule has 1 saturated heterocycles. The van der Waals surface area contributed by atoms with Gasteiger partial charge in [-0.15, -0.1) is 0 Å². The molecule has 2 heterocycles. The number of hydrogen-bond donors (Lipinski definition) is 2. The highest BCUT2D eigenvalue weighted by Gasteiger charge is 2.25. The van der Waals surface area contributed by atoms with Crippen molar-refractivity contribution in [3.05, 3.63) is 40.1 Å². The number of nitrogens with two attached hydrogens (primary N) is 1. The van der Waals surface area contributed by atoms with Gasteiger partial charge in [0.05, 0.1) is 4.92 Å². The summed E-state index contributed by atoms with van der Waals surface area (Å²) in [6.07, 6.45) is 3.29. The fraction of sp³-hybridized carbons (Fsp3) is 0.450. The molecule has 1 aliphatic rings. The number of hydrogen-bond acceptors (Lipinski definition) is 8. The molecule has 3 rings (SSSR count). The first-order valence-corrected chi connectivity index (χ1v) is 9.79. The number of carbonyl (C=O) groups excluding carboxylic acids is 1. The smallest absolute Gasteiger partial charge is 0.294 e. The molecule has 9 nitrogen and oxygen atoms in total. The monoisotopic (exact) mass is 398 g/mol. The fourth-order valence-electron chi connectivity index (χ4n) is 3.61. The molecule has 1 fully saturated rings. The lowest BCUT2D eigenvalue weighted by Gasteiger charge is -2.19. The van der Waals surface area contributed by atoms with Gasteiger partial charge in [-0.2, -0.15) is 4.98 Å². The van der Waals surface area contributed by atoms with Crippen molar-refractivity contribution in [1.82, 2.24) is 9.97 Å². The normalized spacial score (nSPS) is 16.1. The predicted octanol–water partition coefficient (Wildman–Crippen LogP) is 3.47. The second kappa shape index (κ2) is 8.85. The number of aryl methyl sites for hydroxylation is 1. The van der Waals surface area contributed by atoms with E-state index < -0.39 is 4.92 Å². The molecule has 1 atom stereocenters. The molecule has 0 aliphatic carbocycles. The highest BCUT2D eigenvalue weighted by atomic mass is 16.6. The number of carbonyl (C=O) groups is 1. The van der Waals surface area contributed by atoms with Gasteiger partial charge in [-0.25, -0.2) is 4.98 Å². The molecular formula is C20H26N6O3. The van der Waals surface area contributed by atoms with Crippen LogP contribution in [0.5, 0.6) is 0 Å². The number of Topliss-reactive ketones (excluding diaryl/α,β-unsaturated/α-hetero) is 1. The third-order valence-electron chi connectivity index (χ3n) is 4.94. The second-order valence-corrected chi connectivity index (χ2v) is 7.45. The average molecular weight is 398 g/mol. The van der Waals surface area contributed by atoms with Gasteiger partial charge in [-0.05, 0) is 37.8 Å². The maximum atomic E-state index is 11.4. The van der Waals surface area contributed by atoms with Crippen LogP contribution in [0.1, 0.15) is 38.8 Å². The number of nitrogen functional groups attached to an aromatic ring is 1. The van der Waals surface area contributed by atoms with Crippen molar-refractivity contribution in [2.75, 3.05) is 29.0 Å². The first-order chi connectivity index (χ1) is 13.9. The van der Waals surface area contributed by atoms with Crippen LogP contribution in [-0.2, 0) is 11.2 Å². The van der Waals surface area contributed by atoms with Gasteiger partial charge in [0.1, 0.15) is 17.3 Å². The molecule has 0 spiro atoms. The van der Waals surface area contributed by atoms with Gasteiger partial charge in [-0.1, -0.05) is 13.3 Å². The standard InChI is InChI=1S/C20H26N6O3/c1-3-4-15-11-19(25-8-7-14(12-25)9-13(2)27)24-20(22-15)23-16-5-6-17(21)18(10-16)26(28)29/h5-6,10-11,14H,3-4,7-9,12,21H2,1-2H3,(H,22,23,24)/t14-/m1/s1. The van der Waals surface area contributed by atoms with Crippen molar-refractivity contribution in [3.63, 3.8) is 0 Å². The lowest BCUT2D eigenvalue weighted by molar-refractivity contribution is -0.383. The van der Waals surface area contributed by atoms with E-state index in [0.29, 0.717) is 24.0 Å². The Labute approximate surface area is 169 Å². The summed E-state index contributed by atoms with van der Waals surface area (Å²) in [7, 11) is 0. The topological polar surface area (TPSA) is 127 Å². The Hall–Kier alpha value is -3.23. The molecule has 0 bridgehead atoms. The van der Waals surface area contributed by atoms with E-state index >= 15 is 0 Å². The summed E-state index contributed by atoms with van der Waals surface area (Å²) < 4.78 is 0. The zero-order valence-electron chi connectivity index (χ0n) is 16.7. The third-order valence-corrected chi connectivity index (χ3v) is 4.94. The zero-order chi connectivity index (χ0) is 21.0. The Morgan fingerprint density at radius 2 is 2.17 bits per heavy atom. The van der Waals surface area contributed by atoms with Crippen molar-refractivity contribution < 1.29 is 9.72 Å². The van der Waals surface area contributed by atoms with Crippen LogP contribution in [0, 0.1) is 16.0 Å². The molecule has 9 heteroatoms. The first kappa shape index (κ1) is 20.5. The van der Waals surface area contributed by atoms with E-state index in [-0.39, 0.29) is 17.2 Å². The number of nitro benzene ring substituents is 1. The van der Waals surface area contributed by atoms with Gasteiger partial charge in [-0.3, -0.25) is 10.1 Å². The minimum absolute atomic E-state index is 0.107. The van der Waals surface area contributed by atoms with Crippen molar-refractivity contribution in [1.29, 1.82) is 0 Å². The van der Waals surface area contributed by atoms with Crippen LogP contribution in [0.4, 0.5) is 28.8 Å². The number of nitrogens with one attached hydrogen (secondary N) is 1. The number of nitrogens with zero attached hydrogens (tertiary/aromatic N) is 4. The van der Waals surface area contributed by atoms with E-state index in [2.05, 4.69) is 27.1 Å². The number of rotatable bonds is 8. The molecule has 0 unspecified atom stereocenters. The van der Waals surface area contributed by atoms with Crippen LogP contribution in [-0.4, -0.2) is 33.8 Å². The van der Waals surface area contributed by atoms with Gasteiger partial charge >= 0.3 is 0 Å². The van der Waals surface area contributed by atoms with E-state index in [1.807, 2.05) is 6.07 Å². The summed E-state index contributed by atoms with van der Waals surface area (Å²) in [5.74, 6) is 1.74. The van der Waals surface area contributed by atoms with E-state index in [9.17, 15) is 14.9 Å².